The van der Waals surface area contributed by atoms with E-state index in [4.69, 9.17) is 5.73 Å². The predicted octanol–water partition coefficient (Wildman–Crippen LogP) is 4.16. The van der Waals surface area contributed by atoms with Crippen LogP contribution < -0.4 is 16.4 Å². The van der Waals surface area contributed by atoms with Crippen molar-refractivity contribution in [1.82, 2.24) is 10.6 Å². The first-order valence-corrected chi connectivity index (χ1v) is 13.5. The van der Waals surface area contributed by atoms with E-state index in [1.807, 2.05) is 71.9 Å². The van der Waals surface area contributed by atoms with E-state index in [1.54, 1.807) is 18.2 Å². The fourth-order valence-electron chi connectivity index (χ4n) is 3.52. The van der Waals surface area contributed by atoms with E-state index in [0.29, 0.717) is 17.7 Å². The van der Waals surface area contributed by atoms with E-state index in [0.717, 1.165) is 0 Å². The predicted molar refractivity (Wildman–Crippen MR) is 148 cm³/mol. The molecule has 9 heteroatoms. The summed E-state index contributed by atoms with van der Waals surface area (Å²) in [6.45, 7) is 12.2. The van der Waals surface area contributed by atoms with E-state index >= 15 is 0 Å². The van der Waals surface area contributed by atoms with E-state index in [-0.39, 0.29) is 19.7 Å². The van der Waals surface area contributed by atoms with Gasteiger partial charge < -0.3 is 16.4 Å². The summed E-state index contributed by atoms with van der Waals surface area (Å²) in [6, 6.07) is 15.2. The molecule has 36 heavy (non-hydrogen) atoms. The lowest BCUT2D eigenvalue weighted by atomic mass is 10.0. The summed E-state index contributed by atoms with van der Waals surface area (Å²) in [5, 5.41) is 5.31. The Hall–Kier alpha value is -2.62. The number of nitrogens with two attached hydrogens (primary N) is 1. The second-order valence-corrected chi connectivity index (χ2v) is 12.4. The molecule has 0 radical (unpaired) electrons. The van der Waals surface area contributed by atoms with Crippen LogP contribution >= 0.6 is 23.5 Å². The number of amides is 2. The molecule has 4 rings (SSSR count). The van der Waals surface area contributed by atoms with Gasteiger partial charge in [-0.3, -0.25) is 19.2 Å². The van der Waals surface area contributed by atoms with Crippen LogP contribution in [0.5, 0.6) is 0 Å². The smallest absolute Gasteiger partial charge is 0.251 e. The Balaban J connectivity index is 0.000000384. The van der Waals surface area contributed by atoms with Gasteiger partial charge in [-0.05, 0) is 51.5 Å². The minimum Gasteiger partial charge on any atom is -0.340 e. The summed E-state index contributed by atoms with van der Waals surface area (Å²) in [5.41, 5.74) is 7.13. The molecule has 0 aromatic heterocycles. The van der Waals surface area contributed by atoms with Crippen LogP contribution in [0.15, 0.2) is 54.6 Å². The topological polar surface area (TPSA) is 118 Å². The summed E-state index contributed by atoms with van der Waals surface area (Å²) < 4.78 is -0.675. The van der Waals surface area contributed by atoms with Crippen LogP contribution in [0, 0.1) is 0 Å². The van der Waals surface area contributed by atoms with E-state index < -0.39 is 23.9 Å². The molecule has 194 valence electrons. The maximum atomic E-state index is 12.4. The third-order valence-corrected chi connectivity index (χ3v) is 8.00. The number of thioether (sulfide) groups is 2. The monoisotopic (exact) mass is 529 g/mol. The van der Waals surface area contributed by atoms with Crippen molar-refractivity contribution in [3.8, 4) is 0 Å². The molecule has 2 unspecified atom stereocenters. The standard InChI is InChI=1S/C18H20N2O4S2.C7H9N.C2H6/c1-17(2)11(15(23)25-17)19-13(21)9-6-5-7-10(8-9)14(22)20-12-16(24)26-18(12,3)4;8-6-7-4-2-1-3-5-7;1-2/h5-8,11-12H,1-4H3,(H,19,21)(H,20,22);1-5H,6,8H2;1-2H3. The van der Waals surface area contributed by atoms with Crippen molar-refractivity contribution >= 4 is 45.6 Å². The molecule has 2 aromatic carbocycles. The first-order chi connectivity index (χ1) is 16.9. The highest BCUT2D eigenvalue weighted by atomic mass is 32.2. The quantitative estimate of drug-likeness (QED) is 0.532. The molecule has 0 saturated carbocycles. The van der Waals surface area contributed by atoms with Gasteiger partial charge in [-0.1, -0.05) is 73.8 Å². The molecule has 2 aromatic rings. The highest BCUT2D eigenvalue weighted by Gasteiger charge is 2.49. The highest BCUT2D eigenvalue weighted by Crippen LogP contribution is 2.42. The third-order valence-electron chi connectivity index (χ3n) is 5.61. The van der Waals surface area contributed by atoms with Crippen LogP contribution in [0.4, 0.5) is 0 Å². The van der Waals surface area contributed by atoms with Gasteiger partial charge in [0, 0.05) is 27.2 Å². The zero-order valence-electron chi connectivity index (χ0n) is 21.6. The third kappa shape index (κ3) is 7.21. The Bertz CT molecular complexity index is 1040. The van der Waals surface area contributed by atoms with Gasteiger partial charge in [-0.25, -0.2) is 0 Å². The molecule has 2 saturated heterocycles. The lowest BCUT2D eigenvalue weighted by molar-refractivity contribution is -0.115. The number of carbonyl (C=O) groups is 4. The Labute approximate surface area is 221 Å². The number of carbonyl (C=O) groups excluding carboxylic acids is 4. The van der Waals surface area contributed by atoms with Crippen LogP contribution in [0.1, 0.15) is 67.8 Å². The van der Waals surface area contributed by atoms with Crippen molar-refractivity contribution in [1.29, 1.82) is 0 Å². The molecule has 2 fully saturated rings. The molecular weight excluding hydrogens is 494 g/mol. The summed E-state index contributed by atoms with van der Waals surface area (Å²) in [4.78, 5) is 48.3. The lowest BCUT2D eigenvalue weighted by Gasteiger charge is -2.41. The molecule has 2 atom stereocenters. The zero-order chi connectivity index (χ0) is 27.1. The summed E-state index contributed by atoms with van der Waals surface area (Å²) in [7, 11) is 0. The van der Waals surface area contributed by atoms with Gasteiger partial charge >= 0.3 is 0 Å². The van der Waals surface area contributed by atoms with Crippen molar-refractivity contribution in [2.24, 2.45) is 5.73 Å². The molecule has 2 aliphatic heterocycles. The summed E-state index contributed by atoms with van der Waals surface area (Å²) >= 11 is 2.41. The average molecular weight is 530 g/mol. The number of hydrogen-bond acceptors (Lipinski definition) is 7. The van der Waals surface area contributed by atoms with Crippen molar-refractivity contribution in [3.05, 3.63) is 71.3 Å². The Morgan fingerprint density at radius 3 is 1.50 bits per heavy atom. The van der Waals surface area contributed by atoms with Crippen molar-refractivity contribution < 1.29 is 19.2 Å². The molecule has 0 spiro atoms. The molecular formula is C27H35N3O4S2. The van der Waals surface area contributed by atoms with Gasteiger partial charge in [0.25, 0.3) is 11.8 Å². The van der Waals surface area contributed by atoms with Crippen molar-refractivity contribution in [3.63, 3.8) is 0 Å². The molecule has 2 heterocycles. The highest BCUT2D eigenvalue weighted by molar-refractivity contribution is 8.17. The molecule has 0 bridgehead atoms. The molecule has 0 aliphatic carbocycles. The Morgan fingerprint density at radius 1 is 0.778 bits per heavy atom. The van der Waals surface area contributed by atoms with Gasteiger partial charge in [-0.15, -0.1) is 0 Å². The first-order valence-electron chi connectivity index (χ1n) is 11.9. The van der Waals surface area contributed by atoms with Gasteiger partial charge in [0.2, 0.25) is 10.2 Å². The van der Waals surface area contributed by atoms with Gasteiger partial charge in [-0.2, -0.15) is 0 Å². The Kier molecular flexibility index (Phi) is 10.3. The first kappa shape index (κ1) is 29.6. The van der Waals surface area contributed by atoms with Crippen LogP contribution in [0.2, 0.25) is 0 Å². The van der Waals surface area contributed by atoms with Crippen LogP contribution in [0.25, 0.3) is 0 Å². The number of benzene rings is 2. The molecule has 2 amide bonds. The minimum absolute atomic E-state index is 0.0690. The normalized spacial score (nSPS) is 20.8. The second kappa shape index (κ2) is 12.6. The second-order valence-electron chi connectivity index (χ2n) is 9.13. The lowest BCUT2D eigenvalue weighted by Crippen LogP contribution is -2.60. The molecule has 4 N–H and O–H groups in total. The summed E-state index contributed by atoms with van der Waals surface area (Å²) in [5.74, 6) is -0.802. The van der Waals surface area contributed by atoms with Crippen molar-refractivity contribution in [2.45, 2.75) is 69.7 Å². The van der Waals surface area contributed by atoms with Gasteiger partial charge in [0.15, 0.2) is 0 Å². The van der Waals surface area contributed by atoms with E-state index in [9.17, 15) is 19.2 Å². The molecule has 7 nitrogen and oxygen atoms in total. The number of rotatable bonds is 5. The van der Waals surface area contributed by atoms with Crippen molar-refractivity contribution in [2.75, 3.05) is 0 Å². The Morgan fingerprint density at radius 2 is 1.19 bits per heavy atom. The molecule has 2 aliphatic rings. The minimum atomic E-state index is -0.539. The maximum absolute atomic E-state index is 12.4. The van der Waals surface area contributed by atoms with Crippen LogP contribution in [0.3, 0.4) is 0 Å². The number of nitrogens with one attached hydrogen (secondary N) is 2. The van der Waals surface area contributed by atoms with E-state index in [1.165, 1.54) is 35.2 Å². The van der Waals surface area contributed by atoms with Gasteiger partial charge in [0.1, 0.15) is 12.1 Å². The summed E-state index contributed by atoms with van der Waals surface area (Å²) in [6.07, 6.45) is 0. The van der Waals surface area contributed by atoms with E-state index in [2.05, 4.69) is 10.6 Å². The fraction of sp³-hybridized carbons (Fsp3) is 0.407. The number of hydrogen-bond donors (Lipinski definition) is 3. The van der Waals surface area contributed by atoms with Crippen LogP contribution in [-0.2, 0) is 16.1 Å². The average Bonchev–Trinajstić information content (AvgIpc) is 2.87. The fourth-order valence-corrected chi connectivity index (χ4v) is 5.69. The maximum Gasteiger partial charge on any atom is 0.251 e. The van der Waals surface area contributed by atoms with Gasteiger partial charge in [0.05, 0.1) is 0 Å². The SMILES string of the molecule is CC.CC1(C)SC(=O)C1NC(=O)c1cccc(C(=O)NC2C(=O)SC2(C)C)c1.NCc1ccccc1. The zero-order valence-corrected chi connectivity index (χ0v) is 23.2. The largest absolute Gasteiger partial charge is 0.340 e. The van der Waals surface area contributed by atoms with Crippen LogP contribution in [-0.4, -0.2) is 43.6 Å².